The molecule has 104 valence electrons. The molecular weight excluding hydrogens is 242 g/mol. The highest BCUT2D eigenvalue weighted by Crippen LogP contribution is 2.06. The van der Waals surface area contributed by atoms with Gasteiger partial charge in [0.15, 0.2) is 0 Å². The smallest absolute Gasteiger partial charge is 0.312 e. The fourth-order valence-corrected chi connectivity index (χ4v) is 1.71. The van der Waals surface area contributed by atoms with Crippen LogP contribution in [0, 0.1) is 6.92 Å². The van der Waals surface area contributed by atoms with Crippen molar-refractivity contribution in [1.29, 1.82) is 0 Å². The summed E-state index contributed by atoms with van der Waals surface area (Å²) in [6, 6.07) is 7.45. The van der Waals surface area contributed by atoms with Gasteiger partial charge in [0.1, 0.15) is 0 Å². The third kappa shape index (κ3) is 6.45. The number of nitrogens with two attached hydrogens (primary N) is 1. The summed E-state index contributed by atoms with van der Waals surface area (Å²) in [5.74, 6) is 0.0299. The molecule has 1 aromatic carbocycles. The van der Waals surface area contributed by atoms with Crippen molar-refractivity contribution in [2.75, 3.05) is 6.54 Å². The lowest BCUT2D eigenvalue weighted by Crippen LogP contribution is -2.30. The van der Waals surface area contributed by atoms with Gasteiger partial charge in [0, 0.05) is 19.5 Å². The molecule has 0 fully saturated rings. The van der Waals surface area contributed by atoms with E-state index in [1.807, 2.05) is 31.2 Å². The molecule has 1 rings (SSSR count). The van der Waals surface area contributed by atoms with Crippen LogP contribution in [0.5, 0.6) is 0 Å². The van der Waals surface area contributed by atoms with Crippen molar-refractivity contribution >= 4 is 11.9 Å². The summed E-state index contributed by atoms with van der Waals surface area (Å²) >= 11 is 0. The van der Waals surface area contributed by atoms with E-state index < -0.39 is 6.03 Å². The third-order valence-corrected chi connectivity index (χ3v) is 2.87. The summed E-state index contributed by atoms with van der Waals surface area (Å²) < 4.78 is 0. The maximum absolute atomic E-state index is 11.6. The number of unbranched alkanes of at least 4 members (excludes halogenated alkanes) is 1. The number of hydrogen-bond acceptors (Lipinski definition) is 2. The first kappa shape index (κ1) is 15.0. The predicted octanol–water partition coefficient (Wildman–Crippen LogP) is 1.45. The molecule has 0 saturated carbocycles. The van der Waals surface area contributed by atoms with Crippen LogP contribution in [-0.2, 0) is 11.3 Å². The second-order valence-corrected chi connectivity index (χ2v) is 4.45. The lowest BCUT2D eigenvalue weighted by atomic mass is 10.1. The summed E-state index contributed by atoms with van der Waals surface area (Å²) in [7, 11) is 0. The number of benzene rings is 1. The normalized spacial score (nSPS) is 9.95. The Balaban J connectivity index is 2.15. The maximum atomic E-state index is 11.6. The fraction of sp³-hybridized carbons (Fsp3) is 0.429. The molecular formula is C14H21N3O2. The molecule has 0 aromatic heterocycles. The summed E-state index contributed by atoms with van der Waals surface area (Å²) in [6.45, 7) is 3.10. The van der Waals surface area contributed by atoms with Crippen molar-refractivity contribution < 1.29 is 9.59 Å². The predicted molar refractivity (Wildman–Crippen MR) is 74.5 cm³/mol. The Kier molecular flexibility index (Phi) is 6.43. The quantitative estimate of drug-likeness (QED) is 0.650. The fourth-order valence-electron chi connectivity index (χ4n) is 1.71. The zero-order chi connectivity index (χ0) is 14.1. The molecule has 1 aromatic rings. The number of aryl methyl sites for hydroxylation is 1. The zero-order valence-corrected chi connectivity index (χ0v) is 11.2. The summed E-state index contributed by atoms with van der Waals surface area (Å²) in [6.07, 6.45) is 1.95. The molecule has 0 bridgehead atoms. The van der Waals surface area contributed by atoms with Gasteiger partial charge in [-0.3, -0.25) is 4.79 Å². The molecule has 5 nitrogen and oxygen atoms in total. The van der Waals surface area contributed by atoms with Gasteiger partial charge in [0.2, 0.25) is 5.91 Å². The molecule has 0 unspecified atom stereocenters. The Morgan fingerprint density at radius 1 is 1.16 bits per heavy atom. The minimum Gasteiger partial charge on any atom is -0.352 e. The average molecular weight is 263 g/mol. The monoisotopic (exact) mass is 263 g/mol. The van der Waals surface area contributed by atoms with Crippen LogP contribution in [0.3, 0.4) is 0 Å². The first-order chi connectivity index (χ1) is 9.09. The number of hydrogen-bond donors (Lipinski definition) is 3. The zero-order valence-electron chi connectivity index (χ0n) is 11.2. The van der Waals surface area contributed by atoms with E-state index in [1.54, 1.807) is 0 Å². The number of urea groups is 1. The van der Waals surface area contributed by atoms with Crippen LogP contribution < -0.4 is 16.4 Å². The summed E-state index contributed by atoms with van der Waals surface area (Å²) in [5.41, 5.74) is 7.24. The second-order valence-electron chi connectivity index (χ2n) is 4.45. The molecule has 0 saturated heterocycles. The number of nitrogens with one attached hydrogen (secondary N) is 2. The first-order valence-electron chi connectivity index (χ1n) is 6.44. The lowest BCUT2D eigenvalue weighted by Gasteiger charge is -2.07. The van der Waals surface area contributed by atoms with Gasteiger partial charge in [0.05, 0.1) is 0 Å². The van der Waals surface area contributed by atoms with Gasteiger partial charge in [-0.25, -0.2) is 4.79 Å². The molecule has 3 amide bonds. The number of rotatable bonds is 7. The van der Waals surface area contributed by atoms with Crippen molar-refractivity contribution in [3.63, 3.8) is 0 Å². The van der Waals surface area contributed by atoms with Crippen molar-refractivity contribution in [2.45, 2.75) is 32.7 Å². The van der Waals surface area contributed by atoms with E-state index >= 15 is 0 Å². The SMILES string of the molecule is Cc1ccccc1CNC(=O)CCCCNC(N)=O. The van der Waals surface area contributed by atoms with Crippen molar-refractivity contribution in [3.8, 4) is 0 Å². The van der Waals surface area contributed by atoms with E-state index in [0.29, 0.717) is 19.5 Å². The highest BCUT2D eigenvalue weighted by molar-refractivity contribution is 5.75. The number of carbonyl (C=O) groups is 2. The Bertz CT molecular complexity index is 432. The maximum Gasteiger partial charge on any atom is 0.312 e. The van der Waals surface area contributed by atoms with Gasteiger partial charge in [-0.2, -0.15) is 0 Å². The Morgan fingerprint density at radius 2 is 1.89 bits per heavy atom. The molecule has 0 aliphatic rings. The van der Waals surface area contributed by atoms with Gasteiger partial charge in [-0.05, 0) is 30.9 Å². The van der Waals surface area contributed by atoms with Crippen molar-refractivity contribution in [3.05, 3.63) is 35.4 Å². The van der Waals surface area contributed by atoms with E-state index in [0.717, 1.165) is 18.4 Å². The second kappa shape index (κ2) is 8.13. The summed E-state index contributed by atoms with van der Waals surface area (Å²) in [4.78, 5) is 22.0. The average Bonchev–Trinajstić information content (AvgIpc) is 2.37. The van der Waals surface area contributed by atoms with Crippen LogP contribution in [0.15, 0.2) is 24.3 Å². The molecule has 0 radical (unpaired) electrons. The minimum absolute atomic E-state index is 0.0299. The van der Waals surface area contributed by atoms with Crippen LogP contribution in [0.25, 0.3) is 0 Å². The highest BCUT2D eigenvalue weighted by Gasteiger charge is 2.02. The highest BCUT2D eigenvalue weighted by atomic mass is 16.2. The van der Waals surface area contributed by atoms with E-state index in [-0.39, 0.29) is 5.91 Å². The van der Waals surface area contributed by atoms with Gasteiger partial charge >= 0.3 is 6.03 Å². The number of amides is 3. The largest absolute Gasteiger partial charge is 0.352 e. The first-order valence-corrected chi connectivity index (χ1v) is 6.44. The molecule has 0 aliphatic heterocycles. The number of carbonyl (C=O) groups excluding carboxylic acids is 2. The molecule has 4 N–H and O–H groups in total. The summed E-state index contributed by atoms with van der Waals surface area (Å²) in [5, 5.41) is 5.38. The van der Waals surface area contributed by atoms with Crippen LogP contribution in [-0.4, -0.2) is 18.5 Å². The minimum atomic E-state index is -0.524. The van der Waals surface area contributed by atoms with E-state index in [9.17, 15) is 9.59 Å². The van der Waals surface area contributed by atoms with Gasteiger partial charge in [-0.15, -0.1) is 0 Å². The topological polar surface area (TPSA) is 84.2 Å². The molecule has 19 heavy (non-hydrogen) atoms. The molecule has 0 spiro atoms. The lowest BCUT2D eigenvalue weighted by molar-refractivity contribution is -0.121. The standard InChI is InChI=1S/C14H21N3O2/c1-11-6-2-3-7-12(11)10-17-13(18)8-4-5-9-16-14(15)19/h2-3,6-7H,4-5,8-10H2,1H3,(H,17,18)(H3,15,16,19). The van der Waals surface area contributed by atoms with E-state index in [1.165, 1.54) is 5.56 Å². The Hall–Kier alpha value is -2.04. The van der Waals surface area contributed by atoms with Gasteiger partial charge in [0.25, 0.3) is 0 Å². The molecule has 5 heteroatoms. The van der Waals surface area contributed by atoms with Crippen LogP contribution in [0.1, 0.15) is 30.4 Å². The van der Waals surface area contributed by atoms with Gasteiger partial charge < -0.3 is 16.4 Å². The Labute approximate surface area is 113 Å². The van der Waals surface area contributed by atoms with E-state index in [2.05, 4.69) is 10.6 Å². The molecule has 0 atom stereocenters. The van der Waals surface area contributed by atoms with Crippen molar-refractivity contribution in [1.82, 2.24) is 10.6 Å². The van der Waals surface area contributed by atoms with Crippen LogP contribution in [0.2, 0.25) is 0 Å². The van der Waals surface area contributed by atoms with Crippen molar-refractivity contribution in [2.24, 2.45) is 5.73 Å². The third-order valence-electron chi connectivity index (χ3n) is 2.87. The molecule has 0 aliphatic carbocycles. The van der Waals surface area contributed by atoms with Crippen LogP contribution >= 0.6 is 0 Å². The Morgan fingerprint density at radius 3 is 2.58 bits per heavy atom. The van der Waals surface area contributed by atoms with Crippen LogP contribution in [0.4, 0.5) is 4.79 Å². The van der Waals surface area contributed by atoms with Gasteiger partial charge in [-0.1, -0.05) is 24.3 Å². The van der Waals surface area contributed by atoms with E-state index in [4.69, 9.17) is 5.73 Å². The molecule has 0 heterocycles. The number of primary amides is 1.